The van der Waals surface area contributed by atoms with Crippen LogP contribution in [0.15, 0.2) is 23.1 Å². The molecule has 20 heavy (non-hydrogen) atoms. The van der Waals surface area contributed by atoms with Gasteiger partial charge in [0, 0.05) is 5.56 Å². The van der Waals surface area contributed by atoms with E-state index in [-0.39, 0.29) is 10.5 Å². The van der Waals surface area contributed by atoms with E-state index in [1.54, 1.807) is 0 Å². The number of rotatable bonds is 2. The number of halogens is 4. The average Bonchev–Trinajstić information content (AvgIpc) is 2.60. The number of ether oxygens (including phenoxy) is 1. The molecule has 4 nitrogen and oxygen atoms in total. The Hall–Kier alpha value is -2.03. The Morgan fingerprint density at radius 2 is 1.95 bits per heavy atom. The number of carbonyl (C=O) groups excluding carboxylic acids is 2. The summed E-state index contributed by atoms with van der Waals surface area (Å²) >= 11 is 0.503. The van der Waals surface area contributed by atoms with E-state index in [4.69, 9.17) is 0 Å². The van der Waals surface area contributed by atoms with Gasteiger partial charge in [0.15, 0.2) is 0 Å². The van der Waals surface area contributed by atoms with Crippen LogP contribution in [0, 0.1) is 5.82 Å². The molecule has 0 unspecified atom stereocenters. The quantitative estimate of drug-likeness (QED) is 0.674. The van der Waals surface area contributed by atoms with Crippen LogP contribution in [-0.2, 0) is 4.79 Å². The lowest BCUT2D eigenvalue weighted by Gasteiger charge is -2.11. The molecule has 2 amide bonds. The first-order valence-corrected chi connectivity index (χ1v) is 5.86. The summed E-state index contributed by atoms with van der Waals surface area (Å²) in [6.07, 6.45) is -4.00. The van der Waals surface area contributed by atoms with Gasteiger partial charge in [0.1, 0.15) is 11.6 Å². The summed E-state index contributed by atoms with van der Waals surface area (Å²) in [5.74, 6) is -2.23. The summed E-state index contributed by atoms with van der Waals surface area (Å²) in [7, 11) is 0. The Labute approximate surface area is 113 Å². The van der Waals surface area contributed by atoms with E-state index in [0.29, 0.717) is 11.8 Å². The molecule has 0 bridgehead atoms. The van der Waals surface area contributed by atoms with E-state index in [2.05, 4.69) is 4.74 Å². The van der Waals surface area contributed by atoms with Gasteiger partial charge < -0.3 is 4.74 Å². The molecule has 1 fully saturated rings. The summed E-state index contributed by atoms with van der Waals surface area (Å²) in [6.45, 7) is 0. The first-order chi connectivity index (χ1) is 9.24. The van der Waals surface area contributed by atoms with Gasteiger partial charge in [0.05, 0.1) is 4.91 Å². The minimum absolute atomic E-state index is 0.146. The fraction of sp³-hybridized carbons (Fsp3) is 0.0909. The second-order valence-electron chi connectivity index (χ2n) is 3.58. The molecule has 0 spiro atoms. The molecule has 2 rings (SSSR count). The largest absolute Gasteiger partial charge is 0.573 e. The molecule has 1 aromatic carbocycles. The summed E-state index contributed by atoms with van der Waals surface area (Å²) in [5.41, 5.74) is -0.297. The third-order valence-corrected chi connectivity index (χ3v) is 2.94. The number of amides is 2. The van der Waals surface area contributed by atoms with Crippen molar-refractivity contribution in [3.63, 3.8) is 0 Å². The van der Waals surface area contributed by atoms with E-state index in [0.717, 1.165) is 24.3 Å². The molecule has 1 saturated heterocycles. The monoisotopic (exact) mass is 307 g/mol. The van der Waals surface area contributed by atoms with Crippen molar-refractivity contribution in [1.29, 1.82) is 0 Å². The zero-order valence-electron chi connectivity index (χ0n) is 9.45. The predicted octanol–water partition coefficient (Wildman–Crippen LogP) is 3.05. The lowest BCUT2D eigenvalue weighted by Crippen LogP contribution is -2.18. The van der Waals surface area contributed by atoms with Gasteiger partial charge in [-0.25, -0.2) is 4.39 Å². The summed E-state index contributed by atoms with van der Waals surface area (Å²) in [5, 5.41) is 1.27. The Kier molecular flexibility index (Phi) is 3.71. The molecule has 1 aliphatic rings. The normalized spacial score (nSPS) is 17.5. The summed E-state index contributed by atoms with van der Waals surface area (Å²) in [4.78, 5) is 22.1. The molecule has 1 aromatic rings. The van der Waals surface area contributed by atoms with Gasteiger partial charge in [-0.2, -0.15) is 0 Å². The van der Waals surface area contributed by atoms with E-state index in [1.807, 2.05) is 5.32 Å². The molecule has 1 heterocycles. The Morgan fingerprint density at radius 3 is 2.50 bits per heavy atom. The lowest BCUT2D eigenvalue weighted by molar-refractivity contribution is -0.274. The number of nitrogens with one attached hydrogen (secondary N) is 1. The average molecular weight is 307 g/mol. The third-order valence-electron chi connectivity index (χ3n) is 2.13. The number of hydrogen-bond acceptors (Lipinski definition) is 4. The minimum Gasteiger partial charge on any atom is -0.405 e. The highest BCUT2D eigenvalue weighted by molar-refractivity contribution is 8.18. The maximum absolute atomic E-state index is 13.1. The molecule has 0 aliphatic carbocycles. The molecule has 0 radical (unpaired) electrons. The zero-order chi connectivity index (χ0) is 14.9. The highest BCUT2D eigenvalue weighted by atomic mass is 32.2. The molecule has 0 atom stereocenters. The Balaban J connectivity index is 2.40. The first kappa shape index (κ1) is 14.4. The summed E-state index contributed by atoms with van der Waals surface area (Å²) in [6, 6.07) is 2.34. The van der Waals surface area contributed by atoms with Crippen molar-refractivity contribution >= 4 is 29.0 Å². The number of carbonyl (C=O) groups is 2. The topological polar surface area (TPSA) is 55.4 Å². The number of hydrogen-bond donors (Lipinski definition) is 1. The smallest absolute Gasteiger partial charge is 0.405 e. The zero-order valence-corrected chi connectivity index (χ0v) is 10.3. The highest BCUT2D eigenvalue weighted by Crippen LogP contribution is 2.32. The number of benzene rings is 1. The molecule has 1 N–H and O–H groups in total. The van der Waals surface area contributed by atoms with Gasteiger partial charge in [-0.15, -0.1) is 13.2 Å². The van der Waals surface area contributed by atoms with Crippen molar-refractivity contribution in [3.8, 4) is 5.75 Å². The van der Waals surface area contributed by atoms with Crippen molar-refractivity contribution in [1.82, 2.24) is 5.32 Å². The van der Waals surface area contributed by atoms with Crippen molar-refractivity contribution < 1.29 is 31.9 Å². The van der Waals surface area contributed by atoms with E-state index in [9.17, 15) is 27.2 Å². The molecular formula is C11H5F4NO3S. The van der Waals surface area contributed by atoms with Crippen LogP contribution in [0.25, 0.3) is 6.08 Å². The van der Waals surface area contributed by atoms with Crippen molar-refractivity contribution in [2.75, 3.05) is 0 Å². The SMILES string of the molecule is O=C1NC(=O)/C(=C\c2cc(F)ccc2OC(F)(F)F)S1. The Morgan fingerprint density at radius 1 is 1.25 bits per heavy atom. The maximum Gasteiger partial charge on any atom is 0.573 e. The summed E-state index contributed by atoms with van der Waals surface area (Å²) < 4.78 is 53.4. The molecule has 106 valence electrons. The number of imide groups is 1. The van der Waals surface area contributed by atoms with Crippen molar-refractivity contribution in [2.45, 2.75) is 6.36 Å². The molecule has 0 aromatic heterocycles. The lowest BCUT2D eigenvalue weighted by atomic mass is 10.2. The molecule has 9 heteroatoms. The second kappa shape index (κ2) is 5.16. The molecular weight excluding hydrogens is 302 g/mol. The predicted molar refractivity (Wildman–Crippen MR) is 62.2 cm³/mol. The van der Waals surface area contributed by atoms with Crippen molar-refractivity contribution in [2.24, 2.45) is 0 Å². The third kappa shape index (κ3) is 3.50. The van der Waals surface area contributed by atoms with Crippen LogP contribution in [0.1, 0.15) is 5.56 Å². The van der Waals surface area contributed by atoms with Crippen LogP contribution >= 0.6 is 11.8 Å². The van der Waals surface area contributed by atoms with Gasteiger partial charge in [-0.05, 0) is 36.0 Å². The van der Waals surface area contributed by atoms with Gasteiger partial charge in [-0.1, -0.05) is 0 Å². The van der Waals surface area contributed by atoms with Gasteiger partial charge in [-0.3, -0.25) is 14.9 Å². The molecule has 1 aliphatic heterocycles. The van der Waals surface area contributed by atoms with E-state index in [1.165, 1.54) is 0 Å². The molecule has 0 saturated carbocycles. The van der Waals surface area contributed by atoms with E-state index >= 15 is 0 Å². The van der Waals surface area contributed by atoms with Crippen LogP contribution in [0.3, 0.4) is 0 Å². The minimum atomic E-state index is -4.95. The fourth-order valence-corrected chi connectivity index (χ4v) is 2.09. The van der Waals surface area contributed by atoms with Crippen LogP contribution in [0.4, 0.5) is 22.4 Å². The van der Waals surface area contributed by atoms with Crippen LogP contribution in [0.5, 0.6) is 5.75 Å². The standard InChI is InChI=1S/C11H5F4NO3S/c12-6-1-2-7(19-11(13,14)15)5(3-6)4-8-9(17)16-10(18)20-8/h1-4H,(H,16,17,18)/b8-4+. The van der Waals surface area contributed by atoms with Crippen LogP contribution < -0.4 is 10.1 Å². The number of thioether (sulfide) groups is 1. The van der Waals surface area contributed by atoms with Crippen LogP contribution in [0.2, 0.25) is 0 Å². The highest BCUT2D eigenvalue weighted by Gasteiger charge is 2.32. The van der Waals surface area contributed by atoms with Crippen LogP contribution in [-0.4, -0.2) is 17.5 Å². The first-order valence-electron chi connectivity index (χ1n) is 5.05. The Bertz CT molecular complexity index is 612. The maximum atomic E-state index is 13.1. The van der Waals surface area contributed by atoms with Gasteiger partial charge in [0.2, 0.25) is 0 Å². The fourth-order valence-electron chi connectivity index (χ4n) is 1.41. The van der Waals surface area contributed by atoms with Crippen molar-refractivity contribution in [3.05, 3.63) is 34.5 Å². The van der Waals surface area contributed by atoms with Gasteiger partial charge in [0.25, 0.3) is 11.1 Å². The van der Waals surface area contributed by atoms with Gasteiger partial charge >= 0.3 is 6.36 Å². The van der Waals surface area contributed by atoms with E-state index < -0.39 is 29.1 Å². The second-order valence-corrected chi connectivity index (χ2v) is 4.60. The number of alkyl halides is 3.